The molecule has 0 unspecified atom stereocenters. The fourth-order valence-corrected chi connectivity index (χ4v) is 4.67. The molecule has 5 rings (SSSR count). The molecule has 6 nitrogen and oxygen atoms in total. The van der Waals surface area contributed by atoms with E-state index in [4.69, 9.17) is 11.6 Å². The molecule has 3 aromatic heterocycles. The Morgan fingerprint density at radius 3 is 2.59 bits per heavy atom. The molecule has 0 bridgehead atoms. The van der Waals surface area contributed by atoms with Gasteiger partial charge in [-0.15, -0.1) is 0 Å². The van der Waals surface area contributed by atoms with Gasteiger partial charge >= 0.3 is 6.18 Å². The van der Waals surface area contributed by atoms with Crippen LogP contribution in [0, 0.1) is 0 Å². The third-order valence-electron chi connectivity index (χ3n) is 6.11. The number of halogens is 4. The molecular weight excluding hydrogens is 467 g/mol. The molecule has 176 valence electrons. The van der Waals surface area contributed by atoms with Crippen LogP contribution in [0.1, 0.15) is 41.7 Å². The second-order valence-corrected chi connectivity index (χ2v) is 8.89. The number of fused-ring (bicyclic) bond motifs is 2. The molecule has 1 fully saturated rings. The van der Waals surface area contributed by atoms with E-state index in [0.717, 1.165) is 37.3 Å². The number of imidazole rings is 1. The van der Waals surface area contributed by atoms with Crippen molar-refractivity contribution in [3.05, 3.63) is 71.1 Å². The SMILES string of the molecule is O=C(NC1CCC(Nc2cccc3nc(C(F)(F)F)cn23)CC1)c1cc(Cl)cc2cccnc12. The molecule has 34 heavy (non-hydrogen) atoms. The van der Waals surface area contributed by atoms with Crippen molar-refractivity contribution in [1.82, 2.24) is 19.7 Å². The van der Waals surface area contributed by atoms with E-state index in [1.165, 1.54) is 4.40 Å². The van der Waals surface area contributed by atoms with Gasteiger partial charge in [-0.2, -0.15) is 13.2 Å². The molecule has 0 radical (unpaired) electrons. The smallest absolute Gasteiger partial charge is 0.368 e. The summed E-state index contributed by atoms with van der Waals surface area (Å²) in [5.41, 5.74) is 0.360. The lowest BCUT2D eigenvalue weighted by molar-refractivity contribution is -0.140. The van der Waals surface area contributed by atoms with E-state index in [1.807, 2.05) is 6.07 Å². The number of hydrogen-bond acceptors (Lipinski definition) is 4. The van der Waals surface area contributed by atoms with Crippen molar-refractivity contribution < 1.29 is 18.0 Å². The van der Waals surface area contributed by atoms with Gasteiger partial charge in [-0.25, -0.2) is 4.98 Å². The van der Waals surface area contributed by atoms with Crippen molar-refractivity contribution in [1.29, 1.82) is 0 Å². The third kappa shape index (κ3) is 4.52. The number of pyridine rings is 2. The van der Waals surface area contributed by atoms with Gasteiger partial charge in [0.25, 0.3) is 5.91 Å². The minimum Gasteiger partial charge on any atom is -0.368 e. The van der Waals surface area contributed by atoms with Crippen LogP contribution in [0.5, 0.6) is 0 Å². The van der Waals surface area contributed by atoms with E-state index in [-0.39, 0.29) is 23.6 Å². The molecule has 1 aliphatic rings. The minimum atomic E-state index is -4.50. The minimum absolute atomic E-state index is 0.0100. The van der Waals surface area contributed by atoms with Crippen molar-refractivity contribution in [2.24, 2.45) is 0 Å². The number of benzene rings is 1. The van der Waals surface area contributed by atoms with E-state index in [0.29, 0.717) is 21.9 Å². The van der Waals surface area contributed by atoms with Gasteiger partial charge in [0.1, 0.15) is 11.5 Å². The quantitative estimate of drug-likeness (QED) is 0.387. The first-order chi connectivity index (χ1) is 16.3. The zero-order valence-corrected chi connectivity index (χ0v) is 18.7. The van der Waals surface area contributed by atoms with Gasteiger partial charge < -0.3 is 10.6 Å². The lowest BCUT2D eigenvalue weighted by atomic mass is 9.91. The number of rotatable bonds is 4. The Morgan fingerprint density at radius 1 is 1.06 bits per heavy atom. The second kappa shape index (κ2) is 8.79. The maximum absolute atomic E-state index is 13.1. The molecule has 1 amide bonds. The highest BCUT2D eigenvalue weighted by molar-refractivity contribution is 6.32. The summed E-state index contributed by atoms with van der Waals surface area (Å²) in [6, 6.07) is 12.1. The van der Waals surface area contributed by atoms with Crippen LogP contribution in [-0.4, -0.2) is 32.4 Å². The molecule has 3 heterocycles. The van der Waals surface area contributed by atoms with Crippen LogP contribution in [0.25, 0.3) is 16.6 Å². The Labute approximate surface area is 198 Å². The predicted octanol–water partition coefficient (Wildman–Crippen LogP) is 5.71. The topological polar surface area (TPSA) is 71.3 Å². The molecule has 0 aliphatic heterocycles. The Morgan fingerprint density at radius 2 is 1.82 bits per heavy atom. The summed E-state index contributed by atoms with van der Waals surface area (Å²) in [5, 5.41) is 7.70. The number of nitrogens with zero attached hydrogens (tertiary/aromatic N) is 3. The maximum atomic E-state index is 13.1. The highest BCUT2D eigenvalue weighted by Gasteiger charge is 2.34. The zero-order chi connectivity index (χ0) is 23.9. The fraction of sp³-hybridized carbons (Fsp3) is 0.292. The van der Waals surface area contributed by atoms with Crippen LogP contribution in [0.4, 0.5) is 19.0 Å². The lowest BCUT2D eigenvalue weighted by Gasteiger charge is -2.30. The van der Waals surface area contributed by atoms with Crippen molar-refractivity contribution in [3.8, 4) is 0 Å². The Hall–Kier alpha value is -3.33. The number of amides is 1. The van der Waals surface area contributed by atoms with Crippen molar-refractivity contribution >= 4 is 39.9 Å². The van der Waals surface area contributed by atoms with Gasteiger partial charge in [0, 0.05) is 34.9 Å². The van der Waals surface area contributed by atoms with Crippen LogP contribution in [0.3, 0.4) is 0 Å². The monoisotopic (exact) mass is 487 g/mol. The first-order valence-electron chi connectivity index (χ1n) is 10.9. The highest BCUT2D eigenvalue weighted by atomic mass is 35.5. The van der Waals surface area contributed by atoms with Crippen molar-refractivity contribution in [2.45, 2.75) is 43.9 Å². The Kier molecular flexibility index (Phi) is 5.81. The van der Waals surface area contributed by atoms with Gasteiger partial charge in [-0.1, -0.05) is 23.7 Å². The van der Waals surface area contributed by atoms with Crippen LogP contribution in [-0.2, 0) is 6.18 Å². The van der Waals surface area contributed by atoms with E-state index in [1.54, 1.807) is 42.6 Å². The van der Waals surface area contributed by atoms with Crippen LogP contribution in [0.2, 0.25) is 5.02 Å². The van der Waals surface area contributed by atoms with Crippen LogP contribution in [0.15, 0.2) is 54.9 Å². The summed E-state index contributed by atoms with van der Waals surface area (Å²) in [6.45, 7) is 0. The number of nitrogens with one attached hydrogen (secondary N) is 2. The van der Waals surface area contributed by atoms with Gasteiger partial charge in [-0.05, 0) is 56.0 Å². The molecule has 2 N–H and O–H groups in total. The molecule has 1 aromatic carbocycles. The highest BCUT2D eigenvalue weighted by Crippen LogP contribution is 2.30. The zero-order valence-electron chi connectivity index (χ0n) is 17.9. The first-order valence-corrected chi connectivity index (χ1v) is 11.3. The number of anilines is 1. The molecule has 0 spiro atoms. The number of carbonyl (C=O) groups is 1. The summed E-state index contributed by atoms with van der Waals surface area (Å²) in [5.74, 6) is 0.343. The van der Waals surface area contributed by atoms with Gasteiger partial charge in [0.05, 0.1) is 11.1 Å². The summed E-state index contributed by atoms with van der Waals surface area (Å²) in [6.07, 6.45) is 1.15. The molecule has 1 aliphatic carbocycles. The lowest BCUT2D eigenvalue weighted by Crippen LogP contribution is -2.40. The largest absolute Gasteiger partial charge is 0.434 e. The molecule has 10 heteroatoms. The van der Waals surface area contributed by atoms with Crippen molar-refractivity contribution in [3.63, 3.8) is 0 Å². The molecule has 0 saturated heterocycles. The van der Waals surface area contributed by atoms with E-state index < -0.39 is 11.9 Å². The number of alkyl halides is 3. The Balaban J connectivity index is 1.24. The first kappa shape index (κ1) is 22.5. The summed E-state index contributed by atoms with van der Waals surface area (Å²) < 4.78 is 40.6. The van der Waals surface area contributed by atoms with Crippen molar-refractivity contribution in [2.75, 3.05) is 5.32 Å². The summed E-state index contributed by atoms with van der Waals surface area (Å²) >= 11 is 6.19. The molecule has 1 saturated carbocycles. The van der Waals surface area contributed by atoms with Crippen LogP contribution < -0.4 is 10.6 Å². The molecule has 4 aromatic rings. The third-order valence-corrected chi connectivity index (χ3v) is 6.33. The average Bonchev–Trinajstić information content (AvgIpc) is 3.26. The number of carbonyl (C=O) groups excluding carboxylic acids is 1. The number of aromatic nitrogens is 3. The van der Waals surface area contributed by atoms with Gasteiger partial charge in [-0.3, -0.25) is 14.2 Å². The summed E-state index contributed by atoms with van der Waals surface area (Å²) in [7, 11) is 0. The van der Waals surface area contributed by atoms with E-state index >= 15 is 0 Å². The fourth-order valence-electron chi connectivity index (χ4n) is 4.45. The van der Waals surface area contributed by atoms with E-state index in [2.05, 4.69) is 20.6 Å². The van der Waals surface area contributed by atoms with E-state index in [9.17, 15) is 18.0 Å². The van der Waals surface area contributed by atoms with Gasteiger partial charge in [0.15, 0.2) is 5.69 Å². The molecular formula is C24H21ClF3N5O. The van der Waals surface area contributed by atoms with Crippen LogP contribution >= 0.6 is 11.6 Å². The average molecular weight is 488 g/mol. The maximum Gasteiger partial charge on any atom is 0.434 e. The standard InChI is InChI=1S/C24H21ClF3N5O/c25-15-11-14-3-2-10-29-22(14)18(12-15)23(34)31-17-8-6-16(7-9-17)30-20-4-1-5-21-32-19(13-33(20)21)24(26,27)28/h1-5,10-13,16-17,30H,6-9H2,(H,31,34). The predicted molar refractivity (Wildman–Crippen MR) is 124 cm³/mol. The number of hydrogen-bond donors (Lipinski definition) is 2. The normalized spacial score (nSPS) is 18.8. The summed E-state index contributed by atoms with van der Waals surface area (Å²) in [4.78, 5) is 21.0. The second-order valence-electron chi connectivity index (χ2n) is 8.46. The van der Waals surface area contributed by atoms with Gasteiger partial charge in [0.2, 0.25) is 0 Å². The Bertz CT molecular complexity index is 1360. The molecule has 0 atom stereocenters.